The van der Waals surface area contributed by atoms with Crippen molar-refractivity contribution in [3.63, 3.8) is 0 Å². The normalized spacial score (nSPS) is 20.9. The molecule has 152 valence electrons. The topological polar surface area (TPSA) is 91.0 Å². The Morgan fingerprint density at radius 1 is 1.39 bits per heavy atom. The zero-order chi connectivity index (χ0) is 20.5. The molecule has 6 nitrogen and oxygen atoms in total. The number of halogens is 1. The maximum absolute atomic E-state index is 14.9. The van der Waals surface area contributed by atoms with Crippen LogP contribution >= 0.6 is 0 Å². The van der Waals surface area contributed by atoms with E-state index in [4.69, 9.17) is 5.73 Å². The van der Waals surface area contributed by atoms with E-state index in [1.165, 1.54) is 6.07 Å². The fourth-order valence-corrected chi connectivity index (χ4v) is 3.78. The summed E-state index contributed by atoms with van der Waals surface area (Å²) in [4.78, 5) is 19.6. The quantitative estimate of drug-likeness (QED) is 0.311. The van der Waals surface area contributed by atoms with Crippen molar-refractivity contribution in [1.29, 1.82) is 0 Å². The lowest BCUT2D eigenvalue weighted by Crippen LogP contribution is -2.36. The molecule has 0 saturated carbocycles. The van der Waals surface area contributed by atoms with Crippen molar-refractivity contribution in [3.8, 4) is 0 Å². The first-order valence-electron chi connectivity index (χ1n) is 9.73. The van der Waals surface area contributed by atoms with Crippen LogP contribution in [0.1, 0.15) is 49.9 Å². The fourth-order valence-electron chi connectivity index (χ4n) is 3.78. The first-order chi connectivity index (χ1) is 13.2. The van der Waals surface area contributed by atoms with E-state index in [2.05, 4.69) is 22.3 Å². The van der Waals surface area contributed by atoms with Gasteiger partial charge in [-0.05, 0) is 71.8 Å². The number of ketones is 1. The average Bonchev–Trinajstić information content (AvgIpc) is 3.01. The summed E-state index contributed by atoms with van der Waals surface area (Å²) in [6.07, 6.45) is 3.97. The molecular formula is C21H29FN4O2. The number of aliphatic imine (C=N–C) groups is 1. The molecule has 3 rings (SSSR count). The number of aliphatic hydroxyl groups excluding tert-OH is 1. The lowest BCUT2D eigenvalue weighted by molar-refractivity contribution is 0.103. The van der Waals surface area contributed by atoms with Crippen LogP contribution in [0.5, 0.6) is 0 Å². The average molecular weight is 388 g/mol. The molecule has 2 aliphatic heterocycles. The molecule has 1 aromatic rings. The lowest BCUT2D eigenvalue weighted by Gasteiger charge is -2.30. The summed E-state index contributed by atoms with van der Waals surface area (Å²) < 4.78 is 14.9. The molecule has 0 radical (unpaired) electrons. The van der Waals surface area contributed by atoms with Gasteiger partial charge in [0.1, 0.15) is 0 Å². The van der Waals surface area contributed by atoms with Crippen LogP contribution < -0.4 is 11.1 Å². The highest BCUT2D eigenvalue weighted by molar-refractivity contribution is 6.29. The lowest BCUT2D eigenvalue weighted by atomic mass is 9.96. The number of carbonyl (C=O) groups excluding carboxylic acids is 1. The molecule has 0 aromatic heterocycles. The van der Waals surface area contributed by atoms with Crippen LogP contribution in [0, 0.1) is 5.82 Å². The smallest absolute Gasteiger partial charge is 0.200 e. The third kappa shape index (κ3) is 4.19. The maximum Gasteiger partial charge on any atom is 0.200 e. The summed E-state index contributed by atoms with van der Waals surface area (Å²) in [6, 6.07) is 3.24. The van der Waals surface area contributed by atoms with Gasteiger partial charge in [0.05, 0.1) is 28.7 Å². The van der Waals surface area contributed by atoms with Crippen molar-refractivity contribution in [2.45, 2.75) is 51.1 Å². The highest BCUT2D eigenvalue weighted by Crippen LogP contribution is 2.31. The van der Waals surface area contributed by atoms with E-state index >= 15 is 0 Å². The molecule has 0 amide bonds. The predicted octanol–water partition coefficient (Wildman–Crippen LogP) is 3.55. The Kier molecular flexibility index (Phi) is 5.74. The van der Waals surface area contributed by atoms with Crippen LogP contribution in [0.2, 0.25) is 0 Å². The number of allylic oxidation sites excluding steroid dienone is 1. The van der Waals surface area contributed by atoms with Crippen LogP contribution in [0.4, 0.5) is 15.8 Å². The molecule has 0 aliphatic carbocycles. The van der Waals surface area contributed by atoms with Gasteiger partial charge in [0, 0.05) is 17.3 Å². The van der Waals surface area contributed by atoms with Gasteiger partial charge in [-0.2, -0.15) is 0 Å². The minimum absolute atomic E-state index is 0.0409. The van der Waals surface area contributed by atoms with E-state index in [9.17, 15) is 14.3 Å². The summed E-state index contributed by atoms with van der Waals surface area (Å²) in [5, 5.41) is 12.8. The predicted molar refractivity (Wildman–Crippen MR) is 111 cm³/mol. The number of anilines is 2. The van der Waals surface area contributed by atoms with E-state index in [1.54, 1.807) is 6.07 Å². The number of aliphatic hydroxyl groups is 1. The Hall–Kier alpha value is -2.41. The van der Waals surface area contributed by atoms with Crippen LogP contribution in [-0.4, -0.2) is 53.2 Å². The van der Waals surface area contributed by atoms with E-state index in [1.807, 2.05) is 13.8 Å². The number of benzene rings is 1. The van der Waals surface area contributed by atoms with Gasteiger partial charge in [0.2, 0.25) is 0 Å². The molecule has 1 fully saturated rings. The number of rotatable bonds is 5. The Morgan fingerprint density at radius 2 is 2.07 bits per heavy atom. The minimum atomic E-state index is -0.629. The molecular weight excluding hydrogens is 359 g/mol. The van der Waals surface area contributed by atoms with Crippen LogP contribution in [0.3, 0.4) is 0 Å². The van der Waals surface area contributed by atoms with Gasteiger partial charge < -0.3 is 21.1 Å². The van der Waals surface area contributed by atoms with Crippen molar-refractivity contribution in [2.24, 2.45) is 4.99 Å². The Bertz CT molecular complexity index is 824. The van der Waals surface area contributed by atoms with E-state index in [0.717, 1.165) is 38.6 Å². The fraction of sp³-hybridized carbons (Fsp3) is 0.524. The maximum atomic E-state index is 14.9. The zero-order valence-electron chi connectivity index (χ0n) is 16.8. The third-order valence-electron chi connectivity index (χ3n) is 5.60. The first kappa shape index (κ1) is 20.3. The second-order valence-corrected chi connectivity index (χ2v) is 8.35. The molecule has 0 unspecified atom stereocenters. The minimum Gasteiger partial charge on any atom is -0.515 e. The molecule has 0 spiro atoms. The number of hydrogen-bond acceptors (Lipinski definition) is 6. The molecule has 2 heterocycles. The van der Waals surface area contributed by atoms with E-state index in [-0.39, 0.29) is 28.4 Å². The number of hydrogen-bond donors (Lipinski definition) is 3. The summed E-state index contributed by atoms with van der Waals surface area (Å²) in [6.45, 7) is 5.84. The van der Waals surface area contributed by atoms with Gasteiger partial charge in [-0.15, -0.1) is 0 Å². The number of Topliss-reactive ketones (excluding diaryl/α,β-unsaturated/α-hetero) is 1. The van der Waals surface area contributed by atoms with Crippen molar-refractivity contribution < 1.29 is 14.3 Å². The number of nitrogens with one attached hydrogen (secondary N) is 1. The Morgan fingerprint density at radius 3 is 2.64 bits per heavy atom. The number of nitrogens with zero attached hydrogens (tertiary/aromatic N) is 2. The van der Waals surface area contributed by atoms with Crippen molar-refractivity contribution in [3.05, 3.63) is 35.3 Å². The number of nitrogen functional groups attached to an aromatic ring is 1. The highest BCUT2D eigenvalue weighted by atomic mass is 19.1. The molecule has 1 aromatic carbocycles. The SMILES string of the molecule is CN1CCC(Nc2ccc(C(=O)/C(=C\O)C3=NC(C)(C)CC3)c(N)c2F)CC1. The molecule has 0 bridgehead atoms. The Balaban J connectivity index is 1.81. The van der Waals surface area contributed by atoms with E-state index < -0.39 is 11.6 Å². The molecule has 2 aliphatic rings. The summed E-state index contributed by atoms with van der Waals surface area (Å²) in [7, 11) is 2.07. The summed E-state index contributed by atoms with van der Waals surface area (Å²) >= 11 is 0. The van der Waals surface area contributed by atoms with Gasteiger partial charge in [-0.25, -0.2) is 4.39 Å². The number of likely N-dealkylation sites (tertiary alicyclic amines) is 1. The second kappa shape index (κ2) is 7.91. The van der Waals surface area contributed by atoms with Crippen LogP contribution in [-0.2, 0) is 0 Å². The van der Waals surface area contributed by atoms with Gasteiger partial charge in [-0.1, -0.05) is 0 Å². The number of carbonyl (C=O) groups is 1. The largest absolute Gasteiger partial charge is 0.515 e. The van der Waals surface area contributed by atoms with Crippen LogP contribution in [0.15, 0.2) is 29.0 Å². The Labute approximate surface area is 165 Å². The molecule has 4 N–H and O–H groups in total. The van der Waals surface area contributed by atoms with Crippen molar-refractivity contribution >= 4 is 22.9 Å². The molecule has 0 atom stereocenters. The zero-order valence-corrected chi connectivity index (χ0v) is 16.8. The van der Waals surface area contributed by atoms with Gasteiger partial charge in [0.15, 0.2) is 11.6 Å². The van der Waals surface area contributed by atoms with Crippen molar-refractivity contribution in [2.75, 3.05) is 31.2 Å². The van der Waals surface area contributed by atoms with Crippen LogP contribution in [0.25, 0.3) is 0 Å². The molecule has 7 heteroatoms. The summed E-state index contributed by atoms with van der Waals surface area (Å²) in [5.74, 6) is -1.14. The monoisotopic (exact) mass is 388 g/mol. The first-order valence-corrected chi connectivity index (χ1v) is 9.73. The standard InChI is InChI=1S/C21H29FN4O2/c1-21(2)9-6-16(25-21)15(12-27)20(28)14-4-5-17(18(22)19(14)23)24-13-7-10-26(3)11-8-13/h4-5,12-13,24,27H,6-11,23H2,1-3H3/b15-12-. The van der Waals surface area contributed by atoms with Crippen molar-refractivity contribution in [1.82, 2.24) is 4.90 Å². The van der Waals surface area contributed by atoms with Gasteiger partial charge in [-0.3, -0.25) is 9.79 Å². The van der Waals surface area contributed by atoms with Gasteiger partial charge in [0.25, 0.3) is 0 Å². The second-order valence-electron chi connectivity index (χ2n) is 8.35. The third-order valence-corrected chi connectivity index (χ3v) is 5.60. The molecule has 1 saturated heterocycles. The van der Waals surface area contributed by atoms with Gasteiger partial charge >= 0.3 is 0 Å². The number of nitrogens with two attached hydrogens (primary N) is 1. The van der Waals surface area contributed by atoms with E-state index in [0.29, 0.717) is 17.8 Å². The number of piperidine rings is 1. The molecule has 28 heavy (non-hydrogen) atoms. The summed E-state index contributed by atoms with van der Waals surface area (Å²) in [5.41, 5.74) is 6.43. The highest BCUT2D eigenvalue weighted by Gasteiger charge is 2.30.